The normalized spacial score (nSPS) is 21.5. The molecule has 3 heteroatoms. The Kier molecular flexibility index (Phi) is 4.24. The molecule has 1 unspecified atom stereocenters. The second kappa shape index (κ2) is 5.69. The van der Waals surface area contributed by atoms with Crippen LogP contribution < -0.4 is 5.32 Å². The van der Waals surface area contributed by atoms with Crippen LogP contribution in [0.15, 0.2) is 16.7 Å². The Morgan fingerprint density at radius 2 is 2.35 bits per heavy atom. The van der Waals surface area contributed by atoms with Crippen LogP contribution in [0.2, 0.25) is 0 Å². The lowest BCUT2D eigenvalue weighted by Gasteiger charge is -2.20. The maximum absolute atomic E-state index is 5.57. The molecule has 1 saturated heterocycles. The first kappa shape index (κ1) is 12.7. The topological polar surface area (TPSA) is 28.4 Å². The maximum atomic E-state index is 5.57. The average Bonchev–Trinajstić information content (AvgIpc) is 2.87. The SMILES string of the molecule is CC(C)NCc1occc1CN1CCCC1C. The molecule has 1 aromatic rings. The monoisotopic (exact) mass is 236 g/mol. The molecule has 0 amide bonds. The second-order valence-electron chi connectivity index (χ2n) is 5.37. The molecule has 1 aliphatic rings. The van der Waals surface area contributed by atoms with Crippen molar-refractivity contribution in [1.82, 2.24) is 10.2 Å². The molecule has 0 aliphatic carbocycles. The van der Waals surface area contributed by atoms with Gasteiger partial charge in [-0.15, -0.1) is 0 Å². The first-order valence-electron chi connectivity index (χ1n) is 6.69. The summed E-state index contributed by atoms with van der Waals surface area (Å²) in [6.45, 7) is 9.73. The highest BCUT2D eigenvalue weighted by Crippen LogP contribution is 2.21. The van der Waals surface area contributed by atoms with Crippen LogP contribution in [0.4, 0.5) is 0 Å². The fourth-order valence-corrected chi connectivity index (χ4v) is 2.41. The van der Waals surface area contributed by atoms with E-state index in [9.17, 15) is 0 Å². The van der Waals surface area contributed by atoms with Crippen molar-refractivity contribution in [1.29, 1.82) is 0 Å². The van der Waals surface area contributed by atoms with Crippen LogP contribution in [0.3, 0.4) is 0 Å². The highest BCUT2D eigenvalue weighted by atomic mass is 16.3. The number of hydrogen-bond donors (Lipinski definition) is 1. The summed E-state index contributed by atoms with van der Waals surface area (Å²) in [5, 5.41) is 3.41. The molecule has 1 aliphatic heterocycles. The quantitative estimate of drug-likeness (QED) is 0.852. The van der Waals surface area contributed by atoms with Crippen LogP contribution in [-0.2, 0) is 13.1 Å². The van der Waals surface area contributed by atoms with Crippen molar-refractivity contribution in [2.75, 3.05) is 6.54 Å². The smallest absolute Gasteiger partial charge is 0.122 e. The molecule has 3 nitrogen and oxygen atoms in total. The van der Waals surface area contributed by atoms with Gasteiger partial charge in [-0.05, 0) is 32.4 Å². The predicted molar refractivity (Wildman–Crippen MR) is 69.8 cm³/mol. The van der Waals surface area contributed by atoms with E-state index < -0.39 is 0 Å². The summed E-state index contributed by atoms with van der Waals surface area (Å²) in [5.41, 5.74) is 1.34. The lowest BCUT2D eigenvalue weighted by molar-refractivity contribution is 0.257. The first-order valence-corrected chi connectivity index (χ1v) is 6.69. The summed E-state index contributed by atoms with van der Waals surface area (Å²) in [5.74, 6) is 1.10. The fraction of sp³-hybridized carbons (Fsp3) is 0.714. The predicted octanol–water partition coefficient (Wildman–Crippen LogP) is 2.76. The Morgan fingerprint density at radius 1 is 1.53 bits per heavy atom. The van der Waals surface area contributed by atoms with Gasteiger partial charge in [-0.2, -0.15) is 0 Å². The summed E-state index contributed by atoms with van der Waals surface area (Å²) in [7, 11) is 0. The van der Waals surface area contributed by atoms with Gasteiger partial charge >= 0.3 is 0 Å². The van der Waals surface area contributed by atoms with Crippen molar-refractivity contribution < 1.29 is 4.42 Å². The van der Waals surface area contributed by atoms with E-state index in [0.29, 0.717) is 6.04 Å². The molecule has 2 rings (SSSR count). The van der Waals surface area contributed by atoms with Crippen LogP contribution in [0.25, 0.3) is 0 Å². The van der Waals surface area contributed by atoms with E-state index in [1.54, 1.807) is 0 Å². The Balaban J connectivity index is 1.94. The van der Waals surface area contributed by atoms with E-state index in [0.717, 1.165) is 24.9 Å². The van der Waals surface area contributed by atoms with Crippen LogP contribution in [0.1, 0.15) is 44.9 Å². The zero-order chi connectivity index (χ0) is 12.3. The number of rotatable bonds is 5. The second-order valence-corrected chi connectivity index (χ2v) is 5.37. The Bertz CT molecular complexity index is 346. The number of hydrogen-bond acceptors (Lipinski definition) is 3. The summed E-state index contributed by atoms with van der Waals surface area (Å²) >= 11 is 0. The summed E-state index contributed by atoms with van der Waals surface area (Å²) in [6.07, 6.45) is 4.48. The standard InChI is InChI=1S/C14H24N2O/c1-11(2)15-9-14-13(6-8-17-14)10-16-7-4-5-12(16)3/h6,8,11-12,15H,4-5,7,9-10H2,1-3H3. The minimum atomic E-state index is 0.499. The van der Waals surface area contributed by atoms with Gasteiger partial charge in [-0.3, -0.25) is 4.90 Å². The van der Waals surface area contributed by atoms with E-state index in [-0.39, 0.29) is 0 Å². The van der Waals surface area contributed by atoms with Gasteiger partial charge in [0.05, 0.1) is 12.8 Å². The van der Waals surface area contributed by atoms with E-state index in [2.05, 4.69) is 37.1 Å². The lowest BCUT2D eigenvalue weighted by atomic mass is 10.2. The maximum Gasteiger partial charge on any atom is 0.122 e. The molecule has 1 fully saturated rings. The largest absolute Gasteiger partial charge is 0.468 e. The molecular weight excluding hydrogens is 212 g/mol. The Hall–Kier alpha value is -0.800. The van der Waals surface area contributed by atoms with Gasteiger partial charge in [0.15, 0.2) is 0 Å². The van der Waals surface area contributed by atoms with Gasteiger partial charge in [0.2, 0.25) is 0 Å². The minimum Gasteiger partial charge on any atom is -0.468 e. The third kappa shape index (κ3) is 3.33. The van der Waals surface area contributed by atoms with Crippen LogP contribution >= 0.6 is 0 Å². The molecule has 0 aromatic carbocycles. The van der Waals surface area contributed by atoms with Crippen molar-refractivity contribution in [3.05, 3.63) is 23.7 Å². The zero-order valence-corrected chi connectivity index (χ0v) is 11.2. The van der Waals surface area contributed by atoms with Crippen molar-refractivity contribution >= 4 is 0 Å². The third-order valence-electron chi connectivity index (χ3n) is 3.57. The zero-order valence-electron chi connectivity index (χ0n) is 11.2. The number of nitrogens with one attached hydrogen (secondary N) is 1. The highest BCUT2D eigenvalue weighted by molar-refractivity contribution is 5.17. The van der Waals surface area contributed by atoms with E-state index in [1.165, 1.54) is 24.9 Å². The number of likely N-dealkylation sites (tertiary alicyclic amines) is 1. The lowest BCUT2D eigenvalue weighted by Crippen LogP contribution is -2.27. The van der Waals surface area contributed by atoms with Gasteiger partial charge < -0.3 is 9.73 Å². The summed E-state index contributed by atoms with van der Waals surface area (Å²) in [4.78, 5) is 2.55. The molecule has 17 heavy (non-hydrogen) atoms. The molecular formula is C14H24N2O. The molecule has 1 aromatic heterocycles. The molecule has 1 N–H and O–H groups in total. The molecule has 1 atom stereocenters. The van der Waals surface area contributed by atoms with Crippen LogP contribution in [0.5, 0.6) is 0 Å². The van der Waals surface area contributed by atoms with Crippen molar-refractivity contribution in [3.63, 3.8) is 0 Å². The van der Waals surface area contributed by atoms with E-state index >= 15 is 0 Å². The minimum absolute atomic E-state index is 0.499. The van der Waals surface area contributed by atoms with Crippen molar-refractivity contribution in [2.24, 2.45) is 0 Å². The molecule has 0 spiro atoms. The first-order chi connectivity index (χ1) is 8.16. The van der Waals surface area contributed by atoms with E-state index in [1.807, 2.05) is 6.26 Å². The van der Waals surface area contributed by atoms with Gasteiger partial charge in [0, 0.05) is 24.2 Å². The van der Waals surface area contributed by atoms with Crippen molar-refractivity contribution in [2.45, 2.75) is 58.8 Å². The molecule has 96 valence electrons. The molecule has 0 radical (unpaired) electrons. The molecule has 0 saturated carbocycles. The van der Waals surface area contributed by atoms with Gasteiger partial charge in [0.25, 0.3) is 0 Å². The molecule has 0 bridgehead atoms. The summed E-state index contributed by atoms with van der Waals surface area (Å²) in [6, 6.07) is 3.33. The van der Waals surface area contributed by atoms with Gasteiger partial charge in [0.1, 0.15) is 5.76 Å². The summed E-state index contributed by atoms with van der Waals surface area (Å²) < 4.78 is 5.57. The van der Waals surface area contributed by atoms with Gasteiger partial charge in [-0.25, -0.2) is 0 Å². The van der Waals surface area contributed by atoms with Crippen LogP contribution in [0, 0.1) is 0 Å². The van der Waals surface area contributed by atoms with Crippen molar-refractivity contribution in [3.8, 4) is 0 Å². The third-order valence-corrected chi connectivity index (χ3v) is 3.57. The molecule has 2 heterocycles. The van der Waals surface area contributed by atoms with Gasteiger partial charge in [-0.1, -0.05) is 13.8 Å². The number of furan rings is 1. The van der Waals surface area contributed by atoms with E-state index in [4.69, 9.17) is 4.42 Å². The average molecular weight is 236 g/mol. The van der Waals surface area contributed by atoms with Crippen LogP contribution in [-0.4, -0.2) is 23.5 Å². The Labute approximate surface area is 104 Å². The Morgan fingerprint density at radius 3 is 3.00 bits per heavy atom. The highest BCUT2D eigenvalue weighted by Gasteiger charge is 2.21. The fourth-order valence-electron chi connectivity index (χ4n) is 2.41. The number of nitrogens with zero attached hydrogens (tertiary/aromatic N) is 1.